The maximum Gasteiger partial charge on any atom is 0.269 e. The van der Waals surface area contributed by atoms with Gasteiger partial charge in [0.25, 0.3) is 11.5 Å². The number of carbonyl (C=O) groups excluding carboxylic acids is 1. The maximum absolute atomic E-state index is 14.1. The number of nitrogens with one attached hydrogen (secondary N) is 2. The first kappa shape index (κ1) is 22.8. The van der Waals surface area contributed by atoms with Gasteiger partial charge in [-0.05, 0) is 42.8 Å². The van der Waals surface area contributed by atoms with Gasteiger partial charge in [0.15, 0.2) is 0 Å². The zero-order chi connectivity index (χ0) is 23.8. The minimum absolute atomic E-state index is 0.133. The molecule has 1 saturated carbocycles. The number of piperazine rings is 1. The lowest BCUT2D eigenvalue weighted by atomic mass is 10.00. The summed E-state index contributed by atoms with van der Waals surface area (Å²) in [6, 6.07) is 8.75. The highest BCUT2D eigenvalue weighted by atomic mass is 35.5. The van der Waals surface area contributed by atoms with E-state index in [2.05, 4.69) is 25.1 Å². The van der Waals surface area contributed by atoms with E-state index in [1.165, 1.54) is 6.07 Å². The number of pyridine rings is 2. The van der Waals surface area contributed by atoms with Gasteiger partial charge in [0, 0.05) is 50.9 Å². The molecule has 5 rings (SSSR count). The number of nitrogens with zero attached hydrogens (tertiary/aromatic N) is 3. The van der Waals surface area contributed by atoms with Crippen molar-refractivity contribution in [3.63, 3.8) is 0 Å². The largest absolute Gasteiger partial charge is 0.367 e. The van der Waals surface area contributed by atoms with Crippen LogP contribution < -0.4 is 15.8 Å². The number of hydrogen-bond acceptors (Lipinski definition) is 5. The van der Waals surface area contributed by atoms with Gasteiger partial charge in [-0.3, -0.25) is 14.5 Å². The van der Waals surface area contributed by atoms with Crippen LogP contribution in [-0.2, 0) is 0 Å². The van der Waals surface area contributed by atoms with E-state index in [4.69, 9.17) is 11.6 Å². The van der Waals surface area contributed by atoms with Crippen molar-refractivity contribution in [3.8, 4) is 0 Å². The van der Waals surface area contributed by atoms with Crippen LogP contribution in [0.5, 0.6) is 0 Å². The maximum atomic E-state index is 14.1. The topological polar surface area (TPSA) is 81.3 Å². The van der Waals surface area contributed by atoms with Crippen LogP contribution in [0.3, 0.4) is 0 Å². The van der Waals surface area contributed by atoms with Crippen molar-refractivity contribution in [1.29, 1.82) is 0 Å². The van der Waals surface area contributed by atoms with E-state index >= 15 is 0 Å². The molecule has 2 N–H and O–H groups in total. The van der Waals surface area contributed by atoms with E-state index < -0.39 is 5.82 Å². The van der Waals surface area contributed by atoms with Crippen molar-refractivity contribution < 1.29 is 9.18 Å². The van der Waals surface area contributed by atoms with Crippen LogP contribution in [0.15, 0.2) is 41.3 Å². The molecule has 1 aliphatic heterocycles. The molecular weight excluding hydrogens is 457 g/mol. The first-order valence-corrected chi connectivity index (χ1v) is 12.0. The van der Waals surface area contributed by atoms with E-state index in [-0.39, 0.29) is 22.8 Å². The van der Waals surface area contributed by atoms with Gasteiger partial charge in [0.2, 0.25) is 0 Å². The van der Waals surface area contributed by atoms with Gasteiger partial charge in [-0.2, -0.15) is 0 Å². The first-order valence-electron chi connectivity index (χ1n) is 11.6. The summed E-state index contributed by atoms with van der Waals surface area (Å²) in [6.07, 6.45) is 4.71. The second-order valence-electron chi connectivity index (χ2n) is 9.04. The highest BCUT2D eigenvalue weighted by Gasteiger charge is 2.33. The average Bonchev–Trinajstić information content (AvgIpc) is 3.34. The molecular formula is C25H27ClFN5O2. The van der Waals surface area contributed by atoms with Crippen LogP contribution in [0, 0.1) is 5.82 Å². The summed E-state index contributed by atoms with van der Waals surface area (Å²) in [7, 11) is 1.57. The monoisotopic (exact) mass is 483 g/mol. The van der Waals surface area contributed by atoms with Crippen LogP contribution in [0.2, 0.25) is 5.02 Å². The Morgan fingerprint density at radius 1 is 1.21 bits per heavy atom. The number of H-pyrrole nitrogens is 1. The average molecular weight is 484 g/mol. The van der Waals surface area contributed by atoms with Crippen molar-refractivity contribution in [2.75, 3.05) is 38.1 Å². The van der Waals surface area contributed by atoms with E-state index in [1.807, 2.05) is 6.07 Å². The fraction of sp³-hybridized carbons (Fsp3) is 0.400. The quantitative estimate of drug-likeness (QED) is 0.593. The highest BCUT2D eigenvalue weighted by molar-refractivity contribution is 6.33. The highest BCUT2D eigenvalue weighted by Crippen LogP contribution is 2.37. The predicted molar refractivity (Wildman–Crippen MR) is 131 cm³/mol. The van der Waals surface area contributed by atoms with Crippen molar-refractivity contribution in [2.24, 2.45) is 0 Å². The van der Waals surface area contributed by atoms with E-state index in [9.17, 15) is 14.0 Å². The van der Waals surface area contributed by atoms with E-state index in [0.29, 0.717) is 22.1 Å². The zero-order valence-electron chi connectivity index (χ0n) is 19.0. The molecule has 0 spiro atoms. The molecule has 1 aliphatic carbocycles. The molecule has 2 aliphatic rings. The third-order valence-electron chi connectivity index (χ3n) is 7.15. The molecule has 1 amide bonds. The van der Waals surface area contributed by atoms with Crippen molar-refractivity contribution in [1.82, 2.24) is 20.2 Å². The van der Waals surface area contributed by atoms with Crippen LogP contribution in [0.25, 0.3) is 10.8 Å². The van der Waals surface area contributed by atoms with Gasteiger partial charge < -0.3 is 15.2 Å². The molecule has 1 aromatic carbocycles. The van der Waals surface area contributed by atoms with Crippen molar-refractivity contribution in [2.45, 2.75) is 31.2 Å². The molecule has 3 aromatic rings. The fourth-order valence-corrected chi connectivity index (χ4v) is 5.60. The second-order valence-corrected chi connectivity index (χ2v) is 9.45. The minimum atomic E-state index is -0.481. The molecule has 3 heterocycles. The summed E-state index contributed by atoms with van der Waals surface area (Å²) in [5.41, 5.74) is 1.70. The number of rotatable bonds is 4. The third-order valence-corrected chi connectivity index (χ3v) is 7.45. The Hall–Kier alpha value is -2.97. The Morgan fingerprint density at radius 3 is 2.74 bits per heavy atom. The fourth-order valence-electron chi connectivity index (χ4n) is 5.33. The summed E-state index contributed by atoms with van der Waals surface area (Å²) in [6.45, 7) is 3.47. The van der Waals surface area contributed by atoms with E-state index in [1.54, 1.807) is 31.4 Å². The third kappa shape index (κ3) is 4.28. The molecule has 0 radical (unpaired) electrons. The molecule has 9 heteroatoms. The Bertz CT molecular complexity index is 1290. The molecule has 7 nitrogen and oxygen atoms in total. The minimum Gasteiger partial charge on any atom is -0.367 e. The number of aromatic nitrogens is 2. The Morgan fingerprint density at radius 2 is 2.00 bits per heavy atom. The number of amides is 1. The Balaban J connectivity index is 1.23. The molecule has 2 atom stereocenters. The van der Waals surface area contributed by atoms with Gasteiger partial charge in [-0.25, -0.2) is 9.37 Å². The number of fused-ring (bicyclic) bond motifs is 1. The lowest BCUT2D eigenvalue weighted by Gasteiger charge is -2.39. The molecule has 1 saturated heterocycles. The second kappa shape index (κ2) is 9.35. The standard InChI is InChI=1S/C25H27ClFN5O2/c1-28-24(33)21-13-18(26)22(14-29-21)32-9-7-31(8-10-32)17-6-5-15(11-17)20-12-16-3-2-4-19(27)23(16)25(34)30-20/h2-4,12-15,17H,5-11H2,1H3,(H,28,33)(H,30,34)/t15-,17+/m1/s1. The van der Waals surface area contributed by atoms with Gasteiger partial charge in [-0.1, -0.05) is 23.7 Å². The molecule has 2 fully saturated rings. The van der Waals surface area contributed by atoms with E-state index in [0.717, 1.165) is 56.8 Å². The molecule has 0 unspecified atom stereocenters. The smallest absolute Gasteiger partial charge is 0.269 e. The summed E-state index contributed by atoms with van der Waals surface area (Å²) in [5, 5.41) is 3.87. The molecule has 0 bridgehead atoms. The number of hydrogen-bond donors (Lipinski definition) is 2. The summed E-state index contributed by atoms with van der Waals surface area (Å²) in [4.78, 5) is 36.2. The Labute approximate surface area is 201 Å². The van der Waals surface area contributed by atoms with Gasteiger partial charge in [0.1, 0.15) is 11.5 Å². The van der Waals surface area contributed by atoms with Crippen LogP contribution in [0.4, 0.5) is 10.1 Å². The van der Waals surface area contributed by atoms with Crippen LogP contribution >= 0.6 is 11.6 Å². The molecule has 2 aromatic heterocycles. The van der Waals surface area contributed by atoms with Crippen molar-refractivity contribution in [3.05, 3.63) is 69.1 Å². The SMILES string of the molecule is CNC(=O)c1cc(Cl)c(N2CCN([C@H]3CC[C@@H](c4cc5cccc(F)c5c(=O)[nH]4)C3)CC2)cn1. The Kier molecular flexibility index (Phi) is 6.27. The number of aromatic amines is 1. The lowest BCUT2D eigenvalue weighted by molar-refractivity contribution is 0.0958. The number of halogens is 2. The summed E-state index contributed by atoms with van der Waals surface area (Å²) >= 11 is 6.45. The first-order chi connectivity index (χ1) is 16.4. The van der Waals surface area contributed by atoms with Crippen LogP contribution in [0.1, 0.15) is 41.4 Å². The van der Waals surface area contributed by atoms with Crippen LogP contribution in [-0.4, -0.2) is 60.0 Å². The normalized spacial score (nSPS) is 21.2. The number of carbonyl (C=O) groups is 1. The van der Waals surface area contributed by atoms with Gasteiger partial charge >= 0.3 is 0 Å². The number of benzene rings is 1. The van der Waals surface area contributed by atoms with Gasteiger partial charge in [0.05, 0.1) is 22.3 Å². The summed E-state index contributed by atoms with van der Waals surface area (Å²) < 4.78 is 14.1. The summed E-state index contributed by atoms with van der Waals surface area (Å²) in [5.74, 6) is -0.475. The number of anilines is 1. The molecule has 178 valence electrons. The molecule has 34 heavy (non-hydrogen) atoms. The zero-order valence-corrected chi connectivity index (χ0v) is 19.7. The van der Waals surface area contributed by atoms with Gasteiger partial charge in [-0.15, -0.1) is 0 Å². The lowest BCUT2D eigenvalue weighted by Crippen LogP contribution is -2.50. The predicted octanol–water partition coefficient (Wildman–Crippen LogP) is 3.53. The van der Waals surface area contributed by atoms with Crippen molar-refractivity contribution >= 4 is 34.0 Å².